The first-order chi connectivity index (χ1) is 11.1. The summed E-state index contributed by atoms with van der Waals surface area (Å²) in [5.74, 6) is 0.837. The van der Waals surface area contributed by atoms with Gasteiger partial charge in [0.15, 0.2) is 11.0 Å². The molecule has 0 N–H and O–H groups in total. The fourth-order valence-corrected chi connectivity index (χ4v) is 2.33. The van der Waals surface area contributed by atoms with Crippen molar-refractivity contribution in [2.24, 2.45) is 0 Å². The van der Waals surface area contributed by atoms with E-state index in [9.17, 15) is 4.79 Å². The molecule has 1 aromatic heterocycles. The molecule has 0 atom stereocenters. The molecule has 0 aliphatic rings. The number of hydrogen-bond acceptors (Lipinski definition) is 7. The number of benzene rings is 1. The summed E-state index contributed by atoms with van der Waals surface area (Å²) in [5, 5.41) is 0.591. The summed E-state index contributed by atoms with van der Waals surface area (Å²) in [5.41, 5.74) is 1.21. The number of hydrogen-bond donors (Lipinski definition) is 0. The number of ether oxygens (including phenoxy) is 2. The van der Waals surface area contributed by atoms with E-state index in [4.69, 9.17) is 9.47 Å². The topological polar surface area (TPSA) is 64.5 Å². The molecule has 0 spiro atoms. The van der Waals surface area contributed by atoms with Gasteiger partial charge in [0.2, 0.25) is 0 Å². The summed E-state index contributed by atoms with van der Waals surface area (Å²) in [6, 6.07) is 7.50. The second kappa shape index (κ2) is 7.82. The van der Waals surface area contributed by atoms with Crippen molar-refractivity contribution in [3.8, 4) is 5.75 Å². The van der Waals surface area contributed by atoms with Gasteiger partial charge in [-0.05, 0) is 37.4 Å². The summed E-state index contributed by atoms with van der Waals surface area (Å²) in [6.45, 7) is 2.07. The number of carbonyl (C=O) groups is 1. The Bertz CT molecular complexity index is 677. The van der Waals surface area contributed by atoms with Gasteiger partial charge < -0.3 is 14.4 Å². The lowest BCUT2D eigenvalue weighted by Gasteiger charge is -2.21. The Morgan fingerprint density at radius 2 is 2.00 bits per heavy atom. The molecule has 0 fully saturated rings. The van der Waals surface area contributed by atoms with Crippen LogP contribution in [0, 0.1) is 0 Å². The fourth-order valence-electron chi connectivity index (χ4n) is 1.99. The number of nitrogens with zero attached hydrogens (tertiary/aromatic N) is 3. The molecule has 0 unspecified atom stereocenters. The summed E-state index contributed by atoms with van der Waals surface area (Å²) in [4.78, 5) is 22.6. The molecule has 0 aliphatic heterocycles. The van der Waals surface area contributed by atoms with E-state index >= 15 is 0 Å². The van der Waals surface area contributed by atoms with Crippen LogP contribution in [-0.4, -0.2) is 43.0 Å². The van der Waals surface area contributed by atoms with Crippen LogP contribution in [0.5, 0.6) is 5.75 Å². The zero-order chi connectivity index (χ0) is 16.8. The van der Waals surface area contributed by atoms with E-state index < -0.39 is 5.97 Å². The molecular formula is C16H19N3O3S. The summed E-state index contributed by atoms with van der Waals surface area (Å²) in [7, 11) is 3.46. The van der Waals surface area contributed by atoms with Crippen LogP contribution >= 0.6 is 11.8 Å². The lowest BCUT2D eigenvalue weighted by molar-refractivity contribution is 0.0526. The molecule has 1 aromatic carbocycles. The Morgan fingerprint density at radius 1 is 1.30 bits per heavy atom. The summed E-state index contributed by atoms with van der Waals surface area (Å²) >= 11 is 1.41. The normalized spacial score (nSPS) is 10.3. The van der Waals surface area contributed by atoms with Crippen LogP contribution in [0.2, 0.25) is 0 Å². The number of thioether (sulfide) groups is 1. The largest absolute Gasteiger partial charge is 0.497 e. The lowest BCUT2D eigenvalue weighted by atomic mass is 10.2. The van der Waals surface area contributed by atoms with Crippen molar-refractivity contribution in [3.63, 3.8) is 0 Å². The van der Waals surface area contributed by atoms with Gasteiger partial charge >= 0.3 is 5.97 Å². The predicted octanol–water partition coefficient (Wildman–Crippen LogP) is 3.15. The number of methoxy groups -OCH3 is 1. The zero-order valence-corrected chi connectivity index (χ0v) is 14.4. The standard InChI is InChI=1S/C16H19N3O3S/c1-5-22-15(20)13-10-17-16(23-4)18-14(13)19(2)11-6-8-12(21-3)9-7-11/h6-10H,5H2,1-4H3. The predicted molar refractivity (Wildman–Crippen MR) is 90.8 cm³/mol. The minimum absolute atomic E-state index is 0.300. The third-order valence-electron chi connectivity index (χ3n) is 3.20. The molecule has 122 valence electrons. The highest BCUT2D eigenvalue weighted by molar-refractivity contribution is 7.98. The molecule has 7 heteroatoms. The van der Waals surface area contributed by atoms with E-state index in [1.807, 2.05) is 42.5 Å². The fraction of sp³-hybridized carbons (Fsp3) is 0.312. The molecule has 0 bridgehead atoms. The maximum atomic E-state index is 12.1. The third kappa shape index (κ3) is 3.92. The number of rotatable bonds is 6. The van der Waals surface area contributed by atoms with Gasteiger partial charge in [-0.25, -0.2) is 14.8 Å². The summed E-state index contributed by atoms with van der Waals surface area (Å²) in [6.07, 6.45) is 3.39. The van der Waals surface area contributed by atoms with Gasteiger partial charge in [0, 0.05) is 18.9 Å². The van der Waals surface area contributed by atoms with Crippen LogP contribution in [0.3, 0.4) is 0 Å². The highest BCUT2D eigenvalue weighted by Gasteiger charge is 2.20. The molecule has 0 amide bonds. The minimum atomic E-state index is -0.435. The molecule has 23 heavy (non-hydrogen) atoms. The van der Waals surface area contributed by atoms with E-state index in [1.165, 1.54) is 18.0 Å². The molecule has 2 aromatic rings. The molecule has 6 nitrogen and oxygen atoms in total. The van der Waals surface area contributed by atoms with Gasteiger partial charge in [0.05, 0.1) is 13.7 Å². The molecule has 0 radical (unpaired) electrons. The monoisotopic (exact) mass is 333 g/mol. The van der Waals surface area contributed by atoms with Crippen molar-refractivity contribution >= 4 is 29.2 Å². The van der Waals surface area contributed by atoms with Crippen LogP contribution in [0.15, 0.2) is 35.6 Å². The van der Waals surface area contributed by atoms with Gasteiger partial charge in [-0.3, -0.25) is 0 Å². The van der Waals surface area contributed by atoms with Crippen LogP contribution in [0.1, 0.15) is 17.3 Å². The zero-order valence-electron chi connectivity index (χ0n) is 13.6. The van der Waals surface area contributed by atoms with E-state index in [1.54, 1.807) is 14.0 Å². The summed E-state index contributed by atoms with van der Waals surface area (Å²) < 4.78 is 10.3. The highest BCUT2D eigenvalue weighted by Crippen LogP contribution is 2.28. The van der Waals surface area contributed by atoms with Gasteiger partial charge in [-0.15, -0.1) is 0 Å². The first-order valence-corrected chi connectivity index (χ1v) is 8.29. The molecule has 1 heterocycles. The van der Waals surface area contributed by atoms with Crippen molar-refractivity contribution in [1.29, 1.82) is 0 Å². The average Bonchev–Trinajstić information content (AvgIpc) is 2.60. The van der Waals surface area contributed by atoms with Crippen LogP contribution < -0.4 is 9.64 Å². The lowest BCUT2D eigenvalue weighted by Crippen LogP contribution is -2.18. The minimum Gasteiger partial charge on any atom is -0.497 e. The van der Waals surface area contributed by atoms with Crippen LogP contribution in [0.4, 0.5) is 11.5 Å². The maximum absolute atomic E-state index is 12.1. The number of carbonyl (C=O) groups excluding carboxylic acids is 1. The van der Waals surface area contributed by atoms with Gasteiger partial charge in [-0.1, -0.05) is 11.8 Å². The molecule has 0 aliphatic carbocycles. The average molecular weight is 333 g/mol. The molecule has 2 rings (SSSR count). The number of aromatic nitrogens is 2. The maximum Gasteiger partial charge on any atom is 0.343 e. The van der Waals surface area contributed by atoms with Crippen LogP contribution in [-0.2, 0) is 4.74 Å². The first kappa shape index (κ1) is 17.1. The number of esters is 1. The molecule has 0 saturated carbocycles. The van der Waals surface area contributed by atoms with Crippen molar-refractivity contribution in [1.82, 2.24) is 9.97 Å². The molecular weight excluding hydrogens is 314 g/mol. The van der Waals surface area contributed by atoms with Crippen LogP contribution in [0.25, 0.3) is 0 Å². The van der Waals surface area contributed by atoms with Crippen molar-refractivity contribution < 1.29 is 14.3 Å². The Kier molecular flexibility index (Phi) is 5.81. The van der Waals surface area contributed by atoms with Gasteiger partial charge in [0.25, 0.3) is 0 Å². The second-order valence-electron chi connectivity index (χ2n) is 4.57. The van der Waals surface area contributed by atoms with Crippen molar-refractivity contribution in [2.75, 3.05) is 31.9 Å². The van der Waals surface area contributed by atoms with Crippen molar-refractivity contribution in [3.05, 3.63) is 36.0 Å². The Balaban J connectivity index is 2.43. The smallest absolute Gasteiger partial charge is 0.343 e. The van der Waals surface area contributed by atoms with E-state index in [0.717, 1.165) is 11.4 Å². The SMILES string of the molecule is CCOC(=O)c1cnc(SC)nc1N(C)c1ccc(OC)cc1. The number of anilines is 2. The van der Waals surface area contributed by atoms with Crippen molar-refractivity contribution in [2.45, 2.75) is 12.1 Å². The second-order valence-corrected chi connectivity index (χ2v) is 5.34. The van der Waals surface area contributed by atoms with E-state index in [2.05, 4.69) is 9.97 Å². The van der Waals surface area contributed by atoms with E-state index in [0.29, 0.717) is 23.1 Å². The quantitative estimate of drug-likeness (QED) is 0.457. The van der Waals surface area contributed by atoms with E-state index in [-0.39, 0.29) is 0 Å². The van der Waals surface area contributed by atoms with Gasteiger partial charge in [-0.2, -0.15) is 0 Å². The Morgan fingerprint density at radius 3 is 2.57 bits per heavy atom. The Labute approximate surface area is 139 Å². The highest BCUT2D eigenvalue weighted by atomic mass is 32.2. The molecule has 0 saturated heterocycles. The van der Waals surface area contributed by atoms with Gasteiger partial charge in [0.1, 0.15) is 11.3 Å². The third-order valence-corrected chi connectivity index (χ3v) is 3.76. The first-order valence-electron chi connectivity index (χ1n) is 7.06. The Hall–Kier alpha value is -2.28.